The molecule has 1 heterocycles. The van der Waals surface area contributed by atoms with Gasteiger partial charge in [0.1, 0.15) is 24.8 Å². The van der Waals surface area contributed by atoms with E-state index in [4.69, 9.17) is 4.74 Å². The number of rotatable bonds is 11. The van der Waals surface area contributed by atoms with Crippen molar-refractivity contribution in [3.8, 4) is 0 Å². The van der Waals surface area contributed by atoms with Crippen LogP contribution in [0.1, 0.15) is 17.2 Å². The van der Waals surface area contributed by atoms with Crippen molar-refractivity contribution in [3.05, 3.63) is 96.1 Å². The Morgan fingerprint density at radius 3 is 2.41 bits per heavy atom. The maximum absolute atomic E-state index is 12.4. The first kappa shape index (κ1) is 23.4. The van der Waals surface area contributed by atoms with Crippen molar-refractivity contribution >= 4 is 39.8 Å². The molecule has 0 radical (unpaired) electrons. The van der Waals surface area contributed by atoms with Gasteiger partial charge in [0, 0.05) is 18.5 Å². The smallest absolute Gasteiger partial charge is 0.408 e. The van der Waals surface area contributed by atoms with Gasteiger partial charge in [-0.05, 0) is 34.8 Å². The van der Waals surface area contributed by atoms with E-state index in [1.165, 1.54) is 11.5 Å². The van der Waals surface area contributed by atoms with Crippen molar-refractivity contribution in [3.63, 3.8) is 0 Å². The van der Waals surface area contributed by atoms with Crippen LogP contribution in [0.15, 0.2) is 84.9 Å². The predicted molar refractivity (Wildman–Crippen MR) is 135 cm³/mol. The lowest BCUT2D eigenvalue weighted by molar-refractivity contribution is -0.110. The SMILES string of the molecule is O=CC(NC(=O)OCc1ccccc1)C(NCCNc1nsc2ccccc12)c1ccccc1. The van der Waals surface area contributed by atoms with Crippen molar-refractivity contribution in [1.82, 2.24) is 15.0 Å². The third kappa shape index (κ3) is 6.18. The number of carbonyl (C=O) groups excluding carboxylic acids is 2. The molecule has 8 heteroatoms. The normalized spacial score (nSPS) is 12.6. The molecule has 2 unspecified atom stereocenters. The van der Waals surface area contributed by atoms with Crippen LogP contribution in [-0.2, 0) is 16.1 Å². The first-order valence-corrected chi connectivity index (χ1v) is 11.8. The van der Waals surface area contributed by atoms with Gasteiger partial charge in [-0.3, -0.25) is 0 Å². The zero-order valence-electron chi connectivity index (χ0n) is 18.5. The van der Waals surface area contributed by atoms with Gasteiger partial charge in [0.15, 0.2) is 0 Å². The molecular weight excluding hydrogens is 448 g/mol. The lowest BCUT2D eigenvalue weighted by Crippen LogP contribution is -2.46. The first-order valence-electron chi connectivity index (χ1n) is 11.0. The Bertz CT molecular complexity index is 1200. The molecule has 34 heavy (non-hydrogen) atoms. The third-order valence-electron chi connectivity index (χ3n) is 5.32. The van der Waals surface area contributed by atoms with Crippen molar-refractivity contribution in [2.24, 2.45) is 0 Å². The highest BCUT2D eigenvalue weighted by Gasteiger charge is 2.24. The van der Waals surface area contributed by atoms with Gasteiger partial charge in [-0.15, -0.1) is 0 Å². The van der Waals surface area contributed by atoms with Crippen molar-refractivity contribution in [1.29, 1.82) is 0 Å². The van der Waals surface area contributed by atoms with E-state index in [0.29, 0.717) is 13.1 Å². The molecule has 0 spiro atoms. The number of carbonyl (C=O) groups is 2. The largest absolute Gasteiger partial charge is 0.445 e. The van der Waals surface area contributed by atoms with E-state index in [2.05, 4.69) is 20.3 Å². The Morgan fingerprint density at radius 1 is 0.941 bits per heavy atom. The average Bonchev–Trinajstić information content (AvgIpc) is 3.30. The number of amides is 1. The topological polar surface area (TPSA) is 92.4 Å². The summed E-state index contributed by atoms with van der Waals surface area (Å²) in [6.07, 6.45) is 0.0891. The Kier molecular flexibility index (Phi) is 8.21. The van der Waals surface area contributed by atoms with Gasteiger partial charge < -0.3 is 25.5 Å². The number of benzene rings is 3. The van der Waals surface area contributed by atoms with Crippen LogP contribution >= 0.6 is 11.5 Å². The zero-order valence-corrected chi connectivity index (χ0v) is 19.3. The molecule has 1 aromatic heterocycles. The van der Waals surface area contributed by atoms with E-state index >= 15 is 0 Å². The Morgan fingerprint density at radius 2 is 1.65 bits per heavy atom. The lowest BCUT2D eigenvalue weighted by atomic mass is 10.00. The number of alkyl carbamates (subject to hydrolysis) is 1. The van der Waals surface area contributed by atoms with Gasteiger partial charge in [-0.25, -0.2) is 4.79 Å². The van der Waals surface area contributed by atoms with E-state index in [1.54, 1.807) is 0 Å². The maximum Gasteiger partial charge on any atom is 0.408 e. The van der Waals surface area contributed by atoms with Crippen molar-refractivity contribution in [2.45, 2.75) is 18.7 Å². The van der Waals surface area contributed by atoms with E-state index in [-0.39, 0.29) is 6.61 Å². The van der Waals surface area contributed by atoms with Crippen LogP contribution in [0.3, 0.4) is 0 Å². The third-order valence-corrected chi connectivity index (χ3v) is 6.15. The summed E-state index contributed by atoms with van der Waals surface area (Å²) in [5.74, 6) is 0.841. The second-order valence-corrected chi connectivity index (χ2v) is 8.47. The predicted octanol–water partition coefficient (Wildman–Crippen LogP) is 4.53. The van der Waals surface area contributed by atoms with Crippen LogP contribution in [0.25, 0.3) is 10.1 Å². The molecule has 3 aromatic carbocycles. The molecule has 7 nitrogen and oxygen atoms in total. The van der Waals surface area contributed by atoms with Gasteiger partial charge in [0.05, 0.1) is 10.7 Å². The van der Waals surface area contributed by atoms with Crippen LogP contribution in [-0.4, -0.2) is 35.9 Å². The summed E-state index contributed by atoms with van der Waals surface area (Å²) in [4.78, 5) is 24.4. The highest BCUT2D eigenvalue weighted by molar-refractivity contribution is 7.13. The molecule has 0 saturated carbocycles. The van der Waals surface area contributed by atoms with E-state index < -0.39 is 18.2 Å². The summed E-state index contributed by atoms with van der Waals surface area (Å²) in [6, 6.07) is 25.8. The standard InChI is InChI=1S/C26H26N4O3S/c31-17-22(29-26(32)33-18-19-9-3-1-4-10-19)24(20-11-5-2-6-12-20)27-15-16-28-25-21-13-7-8-14-23(21)34-30-25/h1-14,17,22,24,27H,15-16,18H2,(H,28,30)(H,29,32). The monoisotopic (exact) mass is 474 g/mol. The molecule has 0 aliphatic heterocycles. The molecule has 0 aliphatic rings. The molecule has 4 rings (SSSR count). The van der Waals surface area contributed by atoms with Gasteiger partial charge in [-0.2, -0.15) is 4.37 Å². The van der Waals surface area contributed by atoms with Crippen molar-refractivity contribution in [2.75, 3.05) is 18.4 Å². The minimum atomic E-state index is -0.800. The number of aromatic nitrogens is 1. The van der Waals surface area contributed by atoms with E-state index in [1.807, 2.05) is 84.9 Å². The van der Waals surface area contributed by atoms with Crippen molar-refractivity contribution < 1.29 is 14.3 Å². The van der Waals surface area contributed by atoms with Crippen LogP contribution in [0.2, 0.25) is 0 Å². The quantitative estimate of drug-likeness (QED) is 0.218. The Balaban J connectivity index is 1.36. The van der Waals surface area contributed by atoms with Gasteiger partial charge in [0.2, 0.25) is 0 Å². The molecular formula is C26H26N4O3S. The molecule has 3 N–H and O–H groups in total. The molecule has 0 saturated heterocycles. The van der Waals surface area contributed by atoms with Gasteiger partial charge in [0.25, 0.3) is 0 Å². The molecule has 0 fully saturated rings. The summed E-state index contributed by atoms with van der Waals surface area (Å²) >= 11 is 1.45. The molecule has 174 valence electrons. The lowest BCUT2D eigenvalue weighted by Gasteiger charge is -2.25. The van der Waals surface area contributed by atoms with E-state index in [9.17, 15) is 9.59 Å². The second-order valence-electron chi connectivity index (χ2n) is 7.66. The maximum atomic E-state index is 12.4. The highest BCUT2D eigenvalue weighted by atomic mass is 32.1. The number of hydrogen-bond acceptors (Lipinski definition) is 7. The number of ether oxygens (including phenoxy) is 1. The fraction of sp³-hybridized carbons (Fsp3) is 0.192. The molecule has 0 aliphatic carbocycles. The number of anilines is 1. The summed E-state index contributed by atoms with van der Waals surface area (Å²) < 4.78 is 10.9. The summed E-state index contributed by atoms with van der Waals surface area (Å²) in [6.45, 7) is 1.28. The van der Waals surface area contributed by atoms with Crippen LogP contribution in [0.5, 0.6) is 0 Å². The Labute approximate surface area is 202 Å². The van der Waals surface area contributed by atoms with Crippen LogP contribution in [0.4, 0.5) is 10.6 Å². The summed E-state index contributed by atoms with van der Waals surface area (Å²) in [5, 5.41) is 10.5. The number of nitrogens with one attached hydrogen (secondary N) is 3. The molecule has 4 aromatic rings. The fourth-order valence-electron chi connectivity index (χ4n) is 3.63. The zero-order chi connectivity index (χ0) is 23.6. The van der Waals surface area contributed by atoms with Gasteiger partial charge in [-0.1, -0.05) is 72.8 Å². The van der Waals surface area contributed by atoms with Crippen LogP contribution < -0.4 is 16.0 Å². The molecule has 0 bridgehead atoms. The van der Waals surface area contributed by atoms with E-state index in [0.717, 1.165) is 33.3 Å². The number of nitrogens with zero attached hydrogens (tertiary/aromatic N) is 1. The average molecular weight is 475 g/mol. The molecule has 2 atom stereocenters. The summed E-state index contributed by atoms with van der Waals surface area (Å²) in [5.41, 5.74) is 1.76. The second kappa shape index (κ2) is 11.9. The summed E-state index contributed by atoms with van der Waals surface area (Å²) in [7, 11) is 0. The van der Waals surface area contributed by atoms with Gasteiger partial charge >= 0.3 is 6.09 Å². The number of fused-ring (bicyclic) bond motifs is 1. The Hall–Kier alpha value is -3.75. The number of hydrogen-bond donors (Lipinski definition) is 3. The molecule has 1 amide bonds. The first-order chi connectivity index (χ1) is 16.7. The van der Waals surface area contributed by atoms with Crippen LogP contribution in [0, 0.1) is 0 Å². The number of aldehydes is 1. The minimum absolute atomic E-state index is 0.132. The fourth-order valence-corrected chi connectivity index (χ4v) is 4.39. The highest BCUT2D eigenvalue weighted by Crippen LogP contribution is 2.25. The minimum Gasteiger partial charge on any atom is -0.445 e.